The van der Waals surface area contributed by atoms with Crippen molar-refractivity contribution in [2.75, 3.05) is 23.0 Å². The second-order valence-corrected chi connectivity index (χ2v) is 7.83. The van der Waals surface area contributed by atoms with Crippen molar-refractivity contribution in [2.24, 2.45) is 0 Å². The molecule has 1 aliphatic carbocycles. The van der Waals surface area contributed by atoms with Crippen LogP contribution in [0.3, 0.4) is 0 Å². The first-order valence-electron chi connectivity index (χ1n) is 9.22. The van der Waals surface area contributed by atoms with Crippen LogP contribution in [0, 0.1) is 12.7 Å². The van der Waals surface area contributed by atoms with Gasteiger partial charge in [-0.25, -0.2) is 4.39 Å². The highest BCUT2D eigenvalue weighted by Gasteiger charge is 2.20. The van der Waals surface area contributed by atoms with E-state index in [0.29, 0.717) is 34.9 Å². The van der Waals surface area contributed by atoms with Gasteiger partial charge in [0, 0.05) is 25.7 Å². The van der Waals surface area contributed by atoms with Crippen LogP contribution in [-0.4, -0.2) is 34.9 Å². The quantitative estimate of drug-likeness (QED) is 0.763. The molecule has 146 valence electrons. The third-order valence-corrected chi connectivity index (χ3v) is 5.70. The lowest BCUT2D eigenvalue weighted by atomic mass is 9.94. The van der Waals surface area contributed by atoms with Gasteiger partial charge in [0.2, 0.25) is 11.8 Å². The molecule has 6 nitrogen and oxygen atoms in total. The number of amides is 1. The Morgan fingerprint density at radius 1 is 1.37 bits per heavy atom. The van der Waals surface area contributed by atoms with Gasteiger partial charge in [0.25, 0.3) is 0 Å². The van der Waals surface area contributed by atoms with Crippen molar-refractivity contribution < 1.29 is 13.7 Å². The Kier molecular flexibility index (Phi) is 6.71. The molecule has 3 rings (SSSR count). The predicted octanol–water partition coefficient (Wildman–Crippen LogP) is 4.16. The Labute approximate surface area is 162 Å². The smallest absolute Gasteiger partial charge is 0.234 e. The van der Waals surface area contributed by atoms with Crippen molar-refractivity contribution in [3.63, 3.8) is 0 Å². The van der Waals surface area contributed by atoms with Crippen molar-refractivity contribution in [2.45, 2.75) is 50.8 Å². The number of hydrogen-bond donors (Lipinski definition) is 1. The fourth-order valence-corrected chi connectivity index (χ4v) is 4.03. The molecule has 0 unspecified atom stereocenters. The molecular weight excluding hydrogens is 367 g/mol. The molecule has 27 heavy (non-hydrogen) atoms. The molecule has 1 aromatic carbocycles. The maximum Gasteiger partial charge on any atom is 0.234 e. The fraction of sp³-hybridized carbons (Fsp3) is 0.526. The molecule has 8 heteroatoms. The number of carbonyl (C=O) groups is 1. The van der Waals surface area contributed by atoms with E-state index in [0.717, 1.165) is 12.8 Å². The minimum Gasteiger partial charge on any atom is -0.369 e. The second-order valence-electron chi connectivity index (χ2n) is 6.84. The van der Waals surface area contributed by atoms with E-state index in [1.165, 1.54) is 37.1 Å². The predicted molar refractivity (Wildman–Crippen MR) is 106 cm³/mol. The van der Waals surface area contributed by atoms with Gasteiger partial charge in [-0.05, 0) is 31.0 Å². The molecule has 0 radical (unpaired) electrons. The zero-order valence-corrected chi connectivity index (χ0v) is 16.5. The third-order valence-electron chi connectivity index (χ3n) is 4.77. The van der Waals surface area contributed by atoms with Crippen LogP contribution in [0.5, 0.6) is 0 Å². The highest BCUT2D eigenvalue weighted by Crippen LogP contribution is 2.29. The monoisotopic (exact) mass is 392 g/mol. The molecule has 0 atom stereocenters. The molecule has 0 saturated heterocycles. The Morgan fingerprint density at radius 2 is 2.15 bits per heavy atom. The average molecular weight is 393 g/mol. The molecule has 1 fully saturated rings. The SMILES string of the molecule is Cc1nc(CSCC(=O)Nc2ccc(N(C)C3CCCCC3)c(F)c2)no1. The van der Waals surface area contributed by atoms with Gasteiger partial charge in [-0.3, -0.25) is 4.79 Å². The zero-order valence-electron chi connectivity index (χ0n) is 15.7. The number of nitrogens with zero attached hydrogens (tertiary/aromatic N) is 3. The Bertz CT molecular complexity index is 777. The molecule has 1 saturated carbocycles. The van der Waals surface area contributed by atoms with Crippen LogP contribution in [0.25, 0.3) is 0 Å². The maximum atomic E-state index is 14.6. The number of nitrogens with one attached hydrogen (secondary N) is 1. The van der Waals surface area contributed by atoms with Gasteiger partial charge in [-0.1, -0.05) is 24.4 Å². The van der Waals surface area contributed by atoms with Gasteiger partial charge in [-0.2, -0.15) is 4.98 Å². The van der Waals surface area contributed by atoms with Gasteiger partial charge in [-0.15, -0.1) is 11.8 Å². The number of thioether (sulfide) groups is 1. The lowest BCUT2D eigenvalue weighted by Gasteiger charge is -2.33. The average Bonchev–Trinajstić information content (AvgIpc) is 3.07. The van der Waals surface area contributed by atoms with Gasteiger partial charge in [0.15, 0.2) is 5.82 Å². The Balaban J connectivity index is 1.51. The molecular formula is C19H25FN4O2S. The van der Waals surface area contributed by atoms with Crippen molar-refractivity contribution in [3.05, 3.63) is 35.7 Å². The fourth-order valence-electron chi connectivity index (χ4n) is 3.37. The topological polar surface area (TPSA) is 71.3 Å². The highest BCUT2D eigenvalue weighted by atomic mass is 32.2. The van der Waals surface area contributed by atoms with Crippen LogP contribution in [-0.2, 0) is 10.5 Å². The van der Waals surface area contributed by atoms with E-state index >= 15 is 0 Å². The normalized spacial score (nSPS) is 14.9. The summed E-state index contributed by atoms with van der Waals surface area (Å²) in [7, 11) is 1.95. The van der Waals surface area contributed by atoms with E-state index in [1.807, 2.05) is 11.9 Å². The highest BCUT2D eigenvalue weighted by molar-refractivity contribution is 7.99. The van der Waals surface area contributed by atoms with Crippen LogP contribution < -0.4 is 10.2 Å². The van der Waals surface area contributed by atoms with Gasteiger partial charge in [0.1, 0.15) is 5.82 Å². The summed E-state index contributed by atoms with van der Waals surface area (Å²) in [5.41, 5.74) is 1.05. The van der Waals surface area contributed by atoms with Crippen molar-refractivity contribution in [3.8, 4) is 0 Å². The van der Waals surface area contributed by atoms with Crippen molar-refractivity contribution >= 4 is 29.0 Å². The summed E-state index contributed by atoms with van der Waals surface area (Å²) in [5, 5.41) is 6.52. The number of hydrogen-bond acceptors (Lipinski definition) is 6. The van der Waals surface area contributed by atoms with E-state index in [1.54, 1.807) is 19.1 Å². The molecule has 0 aliphatic heterocycles. The number of carbonyl (C=O) groups excluding carboxylic acids is 1. The van der Waals surface area contributed by atoms with E-state index in [2.05, 4.69) is 15.5 Å². The van der Waals surface area contributed by atoms with Crippen LogP contribution in [0.4, 0.5) is 15.8 Å². The summed E-state index contributed by atoms with van der Waals surface area (Å²) in [6, 6.07) is 5.27. The largest absolute Gasteiger partial charge is 0.369 e. The number of aromatic nitrogens is 2. The standard InChI is InChI=1S/C19H25FN4O2S/c1-13-21-18(23-26-13)11-27-12-19(25)22-14-8-9-17(16(20)10-14)24(2)15-6-4-3-5-7-15/h8-10,15H,3-7,11-12H2,1-2H3,(H,22,25). The number of rotatable bonds is 7. The van der Waals surface area contributed by atoms with Gasteiger partial charge in [0.05, 0.1) is 17.2 Å². The molecule has 0 bridgehead atoms. The number of benzene rings is 1. The van der Waals surface area contributed by atoms with Gasteiger partial charge >= 0.3 is 0 Å². The minimum absolute atomic E-state index is 0.187. The summed E-state index contributed by atoms with van der Waals surface area (Å²) >= 11 is 1.38. The lowest BCUT2D eigenvalue weighted by Crippen LogP contribution is -2.33. The van der Waals surface area contributed by atoms with Crippen molar-refractivity contribution in [1.29, 1.82) is 0 Å². The van der Waals surface area contributed by atoms with E-state index in [9.17, 15) is 9.18 Å². The van der Waals surface area contributed by atoms with Crippen LogP contribution in [0.1, 0.15) is 43.8 Å². The Hall–Kier alpha value is -2.09. The van der Waals surface area contributed by atoms with Crippen molar-refractivity contribution in [1.82, 2.24) is 10.1 Å². The van der Waals surface area contributed by atoms with Gasteiger partial charge < -0.3 is 14.7 Å². The first kappa shape index (κ1) is 19.7. The first-order chi connectivity index (χ1) is 13.0. The molecule has 1 aliphatic rings. The van der Waals surface area contributed by atoms with E-state index in [4.69, 9.17) is 4.52 Å². The van der Waals surface area contributed by atoms with E-state index < -0.39 is 0 Å². The number of anilines is 2. The van der Waals surface area contributed by atoms with Crippen LogP contribution in [0.2, 0.25) is 0 Å². The summed E-state index contributed by atoms with van der Waals surface area (Å²) in [6.07, 6.45) is 5.87. The molecule has 2 aromatic rings. The zero-order chi connectivity index (χ0) is 19.2. The molecule has 1 aromatic heterocycles. The van der Waals surface area contributed by atoms with Crippen LogP contribution in [0.15, 0.2) is 22.7 Å². The molecule has 1 heterocycles. The summed E-state index contributed by atoms with van der Waals surface area (Å²) < 4.78 is 19.4. The number of aryl methyl sites for hydroxylation is 1. The summed E-state index contributed by atoms with van der Waals surface area (Å²) in [5.74, 6) is 1.29. The summed E-state index contributed by atoms with van der Waals surface area (Å²) in [6.45, 7) is 1.72. The molecule has 1 amide bonds. The lowest BCUT2D eigenvalue weighted by molar-refractivity contribution is -0.113. The Morgan fingerprint density at radius 3 is 2.81 bits per heavy atom. The van der Waals surface area contributed by atoms with E-state index in [-0.39, 0.29) is 17.5 Å². The second kappa shape index (κ2) is 9.21. The first-order valence-corrected chi connectivity index (χ1v) is 10.4. The third kappa shape index (κ3) is 5.45. The molecule has 0 spiro atoms. The maximum absolute atomic E-state index is 14.6. The van der Waals surface area contributed by atoms with Crippen LogP contribution >= 0.6 is 11.8 Å². The summed E-state index contributed by atoms with van der Waals surface area (Å²) in [4.78, 5) is 18.2. The number of halogens is 1. The molecule has 1 N–H and O–H groups in total. The minimum atomic E-state index is -0.309.